The minimum atomic E-state index is -1.11. The van der Waals surface area contributed by atoms with Crippen molar-refractivity contribution < 1.29 is 33.6 Å². The van der Waals surface area contributed by atoms with E-state index in [9.17, 15) is 9.59 Å². The van der Waals surface area contributed by atoms with Crippen LogP contribution < -0.4 is 24.3 Å². The van der Waals surface area contributed by atoms with Crippen LogP contribution in [-0.2, 0) is 16.1 Å². The van der Waals surface area contributed by atoms with E-state index >= 15 is 0 Å². The lowest BCUT2D eigenvalue weighted by Gasteiger charge is -2.15. The summed E-state index contributed by atoms with van der Waals surface area (Å²) in [6, 6.07) is 13.0. The van der Waals surface area contributed by atoms with Gasteiger partial charge in [-0.05, 0) is 82.3 Å². The summed E-state index contributed by atoms with van der Waals surface area (Å²) < 4.78 is 21.8. The van der Waals surface area contributed by atoms with Crippen LogP contribution in [0.2, 0.25) is 0 Å². The van der Waals surface area contributed by atoms with Gasteiger partial charge in [0, 0.05) is 18.9 Å². The molecule has 0 fully saturated rings. The molecule has 1 amide bonds. The molecule has 0 unspecified atom stereocenters. The number of hydrogen-bond donors (Lipinski definition) is 2. The predicted molar refractivity (Wildman–Crippen MR) is 147 cm³/mol. The Balaban J connectivity index is 1.70. The molecule has 9 nitrogen and oxygen atoms in total. The number of aliphatic carboxylic acids is 1. The Hall–Kier alpha value is -4.79. The van der Waals surface area contributed by atoms with Gasteiger partial charge >= 0.3 is 5.97 Å². The zero-order chi connectivity index (χ0) is 27.9. The smallest absolute Gasteiger partial charge is 0.341 e. The summed E-state index contributed by atoms with van der Waals surface area (Å²) >= 11 is 0. The predicted octanol–water partition coefficient (Wildman–Crippen LogP) is 4.61. The maximum Gasteiger partial charge on any atom is 0.341 e. The number of amides is 1. The van der Waals surface area contributed by atoms with Gasteiger partial charge in [-0.3, -0.25) is 9.78 Å². The molecule has 202 valence electrons. The number of pyridine rings is 1. The van der Waals surface area contributed by atoms with Crippen LogP contribution in [0.1, 0.15) is 35.6 Å². The number of rotatable bonds is 11. The minimum Gasteiger partial charge on any atom is -0.497 e. The van der Waals surface area contributed by atoms with Crippen molar-refractivity contribution in [1.82, 2.24) is 10.3 Å². The lowest BCUT2D eigenvalue weighted by atomic mass is 10.00. The highest BCUT2D eigenvalue weighted by atomic mass is 16.5. The molecule has 0 radical (unpaired) electrons. The van der Waals surface area contributed by atoms with Crippen LogP contribution in [0, 0.1) is 0 Å². The highest BCUT2D eigenvalue weighted by Crippen LogP contribution is 2.46. The molecule has 0 spiro atoms. The second-order valence-corrected chi connectivity index (χ2v) is 8.82. The summed E-state index contributed by atoms with van der Waals surface area (Å²) in [5.41, 5.74) is 6.36. The first-order valence-electron chi connectivity index (χ1n) is 12.2. The second-order valence-electron chi connectivity index (χ2n) is 8.82. The summed E-state index contributed by atoms with van der Waals surface area (Å²) in [6.45, 7) is 1.85. The standard InChI is InChI=1S/C30H30N2O7/c1-18-23(10-20-11-26(37-3)30(27(12-20)38-4)39-17-29(34)35)22-8-7-21(36-2)13-25(22)24(18)14-28(33)32-16-19-6-5-9-31-15-19/h5-13,15H,14,16-17H2,1-4H3,(H,32,33)(H,34,35). The third kappa shape index (κ3) is 6.20. The largest absolute Gasteiger partial charge is 0.497 e. The Morgan fingerprint density at radius 1 is 1.00 bits per heavy atom. The number of nitrogens with one attached hydrogen (secondary N) is 1. The maximum atomic E-state index is 13.0. The van der Waals surface area contributed by atoms with Gasteiger partial charge in [-0.1, -0.05) is 12.1 Å². The molecule has 1 aliphatic rings. The third-order valence-electron chi connectivity index (χ3n) is 6.38. The summed E-state index contributed by atoms with van der Waals surface area (Å²) in [5, 5.41) is 12.0. The molecule has 9 heteroatoms. The van der Waals surface area contributed by atoms with Gasteiger partial charge in [0.1, 0.15) is 5.75 Å². The summed E-state index contributed by atoms with van der Waals surface area (Å²) in [7, 11) is 4.56. The molecule has 0 bridgehead atoms. The molecule has 39 heavy (non-hydrogen) atoms. The number of ether oxygens (including phenoxy) is 4. The number of benzene rings is 2. The maximum absolute atomic E-state index is 13.0. The van der Waals surface area contributed by atoms with E-state index in [1.54, 1.807) is 31.6 Å². The van der Waals surface area contributed by atoms with Crippen molar-refractivity contribution in [3.05, 3.63) is 82.7 Å². The van der Waals surface area contributed by atoms with Gasteiger partial charge in [-0.25, -0.2) is 4.79 Å². The highest BCUT2D eigenvalue weighted by molar-refractivity contribution is 6.08. The SMILES string of the molecule is COc1ccc2c(c1)C(CC(=O)NCc1cccnc1)=C(C)C2=Cc1cc(OC)c(OCC(=O)O)c(OC)c1. The quantitative estimate of drug-likeness (QED) is 0.369. The Labute approximate surface area is 226 Å². The van der Waals surface area contributed by atoms with Crippen molar-refractivity contribution >= 4 is 29.1 Å². The fraction of sp³-hybridized carbons (Fsp3) is 0.233. The van der Waals surface area contributed by atoms with Crippen molar-refractivity contribution in [2.24, 2.45) is 0 Å². The number of carbonyl (C=O) groups excluding carboxylic acids is 1. The van der Waals surface area contributed by atoms with Crippen LogP contribution >= 0.6 is 0 Å². The monoisotopic (exact) mass is 530 g/mol. The molecular formula is C30H30N2O7. The lowest BCUT2D eigenvalue weighted by Crippen LogP contribution is -2.22. The molecule has 0 saturated heterocycles. The van der Waals surface area contributed by atoms with Crippen LogP contribution in [0.3, 0.4) is 0 Å². The summed E-state index contributed by atoms with van der Waals surface area (Å²) in [4.78, 5) is 28.1. The number of aromatic nitrogens is 1. The molecule has 1 aliphatic carbocycles. The fourth-order valence-electron chi connectivity index (χ4n) is 4.47. The Morgan fingerprint density at radius 2 is 1.74 bits per heavy atom. The number of carboxylic acids is 1. The van der Waals surface area contributed by atoms with Crippen LogP contribution in [0.5, 0.6) is 23.0 Å². The van der Waals surface area contributed by atoms with E-state index in [1.807, 2.05) is 43.3 Å². The summed E-state index contributed by atoms with van der Waals surface area (Å²) in [6.07, 6.45) is 5.59. The van der Waals surface area contributed by atoms with E-state index in [-0.39, 0.29) is 18.1 Å². The second kappa shape index (κ2) is 12.2. The number of allylic oxidation sites excluding steroid dienone is 2. The van der Waals surface area contributed by atoms with Crippen LogP contribution in [0.4, 0.5) is 0 Å². The Kier molecular flexibility index (Phi) is 8.50. The van der Waals surface area contributed by atoms with E-state index < -0.39 is 12.6 Å². The Bertz CT molecular complexity index is 1420. The van der Waals surface area contributed by atoms with Gasteiger partial charge in [-0.15, -0.1) is 0 Å². The zero-order valence-electron chi connectivity index (χ0n) is 22.2. The first kappa shape index (κ1) is 27.3. The van der Waals surface area contributed by atoms with Crippen LogP contribution in [0.25, 0.3) is 17.2 Å². The van der Waals surface area contributed by atoms with Gasteiger partial charge in [0.25, 0.3) is 0 Å². The van der Waals surface area contributed by atoms with E-state index in [0.29, 0.717) is 23.8 Å². The summed E-state index contributed by atoms with van der Waals surface area (Å²) in [5.74, 6) is 0.366. The molecule has 3 aromatic rings. The van der Waals surface area contributed by atoms with Crippen molar-refractivity contribution in [2.75, 3.05) is 27.9 Å². The average molecular weight is 531 g/mol. The fourth-order valence-corrected chi connectivity index (χ4v) is 4.47. The molecular weight excluding hydrogens is 500 g/mol. The molecule has 4 rings (SSSR count). The van der Waals surface area contributed by atoms with Gasteiger partial charge in [0.05, 0.1) is 27.8 Å². The van der Waals surface area contributed by atoms with Crippen LogP contribution in [-0.4, -0.2) is 49.9 Å². The lowest BCUT2D eigenvalue weighted by molar-refractivity contribution is -0.139. The van der Waals surface area contributed by atoms with Gasteiger partial charge < -0.3 is 29.4 Å². The average Bonchev–Trinajstić information content (AvgIpc) is 3.20. The molecule has 0 saturated carbocycles. The topological polar surface area (TPSA) is 116 Å². The first-order chi connectivity index (χ1) is 18.8. The number of carboxylic acid groups (broad SMARTS) is 1. The third-order valence-corrected chi connectivity index (χ3v) is 6.38. The van der Waals surface area contributed by atoms with E-state index in [4.69, 9.17) is 24.1 Å². The number of nitrogens with zero attached hydrogens (tertiary/aromatic N) is 1. The highest BCUT2D eigenvalue weighted by Gasteiger charge is 2.26. The van der Waals surface area contributed by atoms with E-state index in [1.165, 1.54) is 14.2 Å². The van der Waals surface area contributed by atoms with Gasteiger partial charge in [-0.2, -0.15) is 0 Å². The molecule has 0 aliphatic heterocycles. The number of carbonyl (C=O) groups is 2. The van der Waals surface area contributed by atoms with Crippen molar-refractivity contribution in [3.63, 3.8) is 0 Å². The van der Waals surface area contributed by atoms with Crippen molar-refractivity contribution in [3.8, 4) is 23.0 Å². The molecule has 1 heterocycles. The molecule has 0 atom stereocenters. The normalized spacial score (nSPS) is 13.2. The number of hydrogen-bond acceptors (Lipinski definition) is 7. The minimum absolute atomic E-state index is 0.105. The van der Waals surface area contributed by atoms with Gasteiger partial charge in [0.15, 0.2) is 18.1 Å². The van der Waals surface area contributed by atoms with Crippen molar-refractivity contribution in [1.29, 1.82) is 0 Å². The number of methoxy groups -OCH3 is 3. The zero-order valence-corrected chi connectivity index (χ0v) is 22.2. The molecule has 2 N–H and O–H groups in total. The van der Waals surface area contributed by atoms with Crippen molar-refractivity contribution in [2.45, 2.75) is 19.9 Å². The van der Waals surface area contributed by atoms with Gasteiger partial charge in [0.2, 0.25) is 11.7 Å². The molecule has 2 aromatic carbocycles. The molecule has 1 aromatic heterocycles. The first-order valence-corrected chi connectivity index (χ1v) is 12.2. The van der Waals surface area contributed by atoms with Crippen LogP contribution in [0.15, 0.2) is 60.4 Å². The van der Waals surface area contributed by atoms with E-state index in [2.05, 4.69) is 10.3 Å². The Morgan fingerprint density at radius 3 is 2.36 bits per heavy atom. The number of fused-ring (bicyclic) bond motifs is 1. The van der Waals surface area contributed by atoms with E-state index in [0.717, 1.165) is 39.0 Å².